The lowest BCUT2D eigenvalue weighted by atomic mass is 10.0. The highest BCUT2D eigenvalue weighted by Gasteiger charge is 2.17. The van der Waals surface area contributed by atoms with Crippen molar-refractivity contribution in [2.45, 2.75) is 39.2 Å². The van der Waals surface area contributed by atoms with Gasteiger partial charge in [0.05, 0.1) is 6.61 Å². The molecule has 0 spiro atoms. The Morgan fingerprint density at radius 2 is 2.05 bits per heavy atom. The molecule has 4 heteroatoms. The summed E-state index contributed by atoms with van der Waals surface area (Å²) in [6, 6.07) is 7.69. The number of nitrogens with two attached hydrogens (primary N) is 1. The third kappa shape index (κ3) is 5.75. The third-order valence-electron chi connectivity index (χ3n) is 3.17. The van der Waals surface area contributed by atoms with Gasteiger partial charge < -0.3 is 15.8 Å². The molecule has 0 aliphatic heterocycles. The highest BCUT2D eigenvalue weighted by molar-refractivity contribution is 5.77. The predicted molar refractivity (Wildman–Crippen MR) is 77.9 cm³/mol. The molecule has 1 amide bonds. The molecule has 1 aromatic carbocycles. The van der Waals surface area contributed by atoms with Crippen molar-refractivity contribution in [3.05, 3.63) is 29.8 Å². The van der Waals surface area contributed by atoms with Gasteiger partial charge in [0.2, 0.25) is 5.91 Å². The van der Waals surface area contributed by atoms with Gasteiger partial charge in [0.15, 0.2) is 0 Å². The van der Waals surface area contributed by atoms with E-state index in [0.29, 0.717) is 6.61 Å². The highest BCUT2D eigenvalue weighted by atomic mass is 16.5. The van der Waals surface area contributed by atoms with E-state index in [1.807, 2.05) is 45.0 Å². The first-order chi connectivity index (χ1) is 8.94. The summed E-state index contributed by atoms with van der Waals surface area (Å²) in [5, 5.41) is 2.93. The van der Waals surface area contributed by atoms with E-state index in [0.717, 1.165) is 24.1 Å². The van der Waals surface area contributed by atoms with Gasteiger partial charge in [-0.3, -0.25) is 4.79 Å². The molecule has 0 radical (unpaired) electrons. The molecule has 0 fully saturated rings. The number of ether oxygens (including phenoxy) is 1. The van der Waals surface area contributed by atoms with Crippen LogP contribution >= 0.6 is 0 Å². The average Bonchev–Trinajstić information content (AvgIpc) is 2.36. The van der Waals surface area contributed by atoms with Gasteiger partial charge in [-0.15, -0.1) is 0 Å². The number of para-hydroxylation sites is 1. The zero-order valence-corrected chi connectivity index (χ0v) is 12.0. The van der Waals surface area contributed by atoms with Gasteiger partial charge in [-0.05, 0) is 38.3 Å². The smallest absolute Gasteiger partial charge is 0.246 e. The summed E-state index contributed by atoms with van der Waals surface area (Å²) in [5.74, 6) is -0.0760. The van der Waals surface area contributed by atoms with Crippen LogP contribution in [0.2, 0.25) is 0 Å². The molecule has 0 aromatic heterocycles. The predicted octanol–water partition coefficient (Wildman–Crippen LogP) is 2.13. The second-order valence-corrected chi connectivity index (χ2v) is 5.29. The van der Waals surface area contributed by atoms with Crippen LogP contribution in [0.4, 0.5) is 5.69 Å². The minimum absolute atomic E-state index is 0.0760. The number of carbonyl (C=O) groups excluding carboxylic acids is 1. The Morgan fingerprint density at radius 1 is 1.37 bits per heavy atom. The summed E-state index contributed by atoms with van der Waals surface area (Å²) in [6.07, 6.45) is 1.61. The Hall–Kier alpha value is -1.55. The molecule has 0 heterocycles. The molecule has 0 saturated carbocycles. The molecule has 0 aliphatic carbocycles. The van der Waals surface area contributed by atoms with Crippen molar-refractivity contribution in [1.29, 1.82) is 0 Å². The van der Waals surface area contributed by atoms with Gasteiger partial charge >= 0.3 is 0 Å². The monoisotopic (exact) mass is 264 g/mol. The van der Waals surface area contributed by atoms with E-state index < -0.39 is 0 Å². The molecule has 0 saturated heterocycles. The molecule has 1 rings (SSSR count). The molecule has 106 valence electrons. The number of nitrogens with one attached hydrogen (secondary N) is 1. The third-order valence-corrected chi connectivity index (χ3v) is 3.17. The maximum atomic E-state index is 11.6. The molecule has 0 unspecified atom stereocenters. The highest BCUT2D eigenvalue weighted by Crippen LogP contribution is 2.11. The van der Waals surface area contributed by atoms with Crippen LogP contribution in [-0.2, 0) is 16.0 Å². The first kappa shape index (κ1) is 15.5. The Kier molecular flexibility index (Phi) is 5.83. The fraction of sp³-hybridized carbons (Fsp3) is 0.533. The van der Waals surface area contributed by atoms with Gasteiger partial charge in [-0.2, -0.15) is 0 Å². The Labute approximate surface area is 115 Å². The first-order valence-corrected chi connectivity index (χ1v) is 6.67. The zero-order chi connectivity index (χ0) is 14.3. The number of rotatable bonds is 7. The summed E-state index contributed by atoms with van der Waals surface area (Å²) in [4.78, 5) is 11.6. The van der Waals surface area contributed by atoms with Crippen LogP contribution in [-0.4, -0.2) is 24.7 Å². The van der Waals surface area contributed by atoms with Crippen LogP contribution in [0.15, 0.2) is 24.3 Å². The minimum atomic E-state index is -0.176. The normalized spacial score (nSPS) is 11.3. The van der Waals surface area contributed by atoms with Crippen molar-refractivity contribution in [3.63, 3.8) is 0 Å². The standard InChI is InChI=1S/C15H24N2O2/c1-4-15(2,3)17-14(18)11-19-10-9-12-7-5-6-8-13(12)16/h5-8H,4,9-11,16H2,1-3H3,(H,17,18). The van der Waals surface area contributed by atoms with Gasteiger partial charge in [0.1, 0.15) is 6.61 Å². The maximum absolute atomic E-state index is 11.6. The molecular formula is C15H24N2O2. The summed E-state index contributed by atoms with van der Waals surface area (Å²) < 4.78 is 5.38. The molecule has 0 bridgehead atoms. The van der Waals surface area contributed by atoms with E-state index >= 15 is 0 Å². The van der Waals surface area contributed by atoms with E-state index in [2.05, 4.69) is 5.32 Å². The van der Waals surface area contributed by atoms with Gasteiger partial charge in [0, 0.05) is 11.2 Å². The fourth-order valence-corrected chi connectivity index (χ4v) is 1.61. The van der Waals surface area contributed by atoms with Crippen LogP contribution in [0.5, 0.6) is 0 Å². The number of nitrogen functional groups attached to an aromatic ring is 1. The van der Waals surface area contributed by atoms with Crippen molar-refractivity contribution >= 4 is 11.6 Å². The summed E-state index contributed by atoms with van der Waals surface area (Å²) in [6.45, 7) is 6.62. The van der Waals surface area contributed by atoms with Crippen molar-refractivity contribution in [2.75, 3.05) is 18.9 Å². The summed E-state index contributed by atoms with van der Waals surface area (Å²) >= 11 is 0. The Balaban J connectivity index is 2.25. The van der Waals surface area contributed by atoms with Crippen LogP contribution in [0.1, 0.15) is 32.8 Å². The zero-order valence-electron chi connectivity index (χ0n) is 12.0. The first-order valence-electron chi connectivity index (χ1n) is 6.67. The summed E-state index contributed by atoms with van der Waals surface area (Å²) in [5.41, 5.74) is 7.47. The van der Waals surface area contributed by atoms with E-state index in [-0.39, 0.29) is 18.1 Å². The molecular weight excluding hydrogens is 240 g/mol. The lowest BCUT2D eigenvalue weighted by molar-refractivity contribution is -0.127. The number of benzene rings is 1. The molecule has 1 aromatic rings. The Morgan fingerprint density at radius 3 is 2.68 bits per heavy atom. The van der Waals surface area contributed by atoms with Crippen molar-refractivity contribution in [2.24, 2.45) is 0 Å². The van der Waals surface area contributed by atoms with Crippen molar-refractivity contribution < 1.29 is 9.53 Å². The van der Waals surface area contributed by atoms with Crippen molar-refractivity contribution in [1.82, 2.24) is 5.32 Å². The van der Waals surface area contributed by atoms with Crippen molar-refractivity contribution in [3.8, 4) is 0 Å². The number of amides is 1. The molecule has 0 atom stereocenters. The van der Waals surface area contributed by atoms with E-state index in [1.165, 1.54) is 0 Å². The second kappa shape index (κ2) is 7.14. The number of hydrogen-bond donors (Lipinski definition) is 2. The second-order valence-electron chi connectivity index (χ2n) is 5.29. The largest absolute Gasteiger partial charge is 0.399 e. The molecule has 0 aliphatic rings. The average molecular weight is 264 g/mol. The van der Waals surface area contributed by atoms with Gasteiger partial charge in [0.25, 0.3) is 0 Å². The molecule has 4 nitrogen and oxygen atoms in total. The van der Waals surface area contributed by atoms with Crippen LogP contribution in [0, 0.1) is 0 Å². The quantitative estimate of drug-likeness (QED) is 0.586. The Bertz CT molecular complexity index is 416. The van der Waals surface area contributed by atoms with Gasteiger partial charge in [-0.1, -0.05) is 25.1 Å². The van der Waals surface area contributed by atoms with Crippen LogP contribution in [0.25, 0.3) is 0 Å². The fourth-order valence-electron chi connectivity index (χ4n) is 1.61. The topological polar surface area (TPSA) is 64.3 Å². The molecule has 19 heavy (non-hydrogen) atoms. The van der Waals surface area contributed by atoms with Gasteiger partial charge in [-0.25, -0.2) is 0 Å². The number of carbonyl (C=O) groups is 1. The van der Waals surface area contributed by atoms with Crippen LogP contribution < -0.4 is 11.1 Å². The van der Waals surface area contributed by atoms with Crippen LogP contribution in [0.3, 0.4) is 0 Å². The van der Waals surface area contributed by atoms with E-state index in [4.69, 9.17) is 10.5 Å². The lowest BCUT2D eigenvalue weighted by Gasteiger charge is -2.24. The summed E-state index contributed by atoms with van der Waals surface area (Å²) in [7, 11) is 0. The number of anilines is 1. The number of hydrogen-bond acceptors (Lipinski definition) is 3. The molecule has 3 N–H and O–H groups in total. The minimum Gasteiger partial charge on any atom is -0.399 e. The maximum Gasteiger partial charge on any atom is 0.246 e. The van der Waals surface area contributed by atoms with E-state index in [1.54, 1.807) is 0 Å². The van der Waals surface area contributed by atoms with E-state index in [9.17, 15) is 4.79 Å². The SMILES string of the molecule is CCC(C)(C)NC(=O)COCCc1ccccc1N. The lowest BCUT2D eigenvalue weighted by Crippen LogP contribution is -2.44.